The van der Waals surface area contributed by atoms with E-state index in [1.165, 1.54) is 18.9 Å². The Bertz CT molecular complexity index is 115. The van der Waals surface area contributed by atoms with Crippen LogP contribution in [0, 0.1) is 0 Å². The molecule has 0 N–H and O–H groups in total. The predicted octanol–water partition coefficient (Wildman–Crippen LogP) is 4.79. The molecule has 0 fully saturated rings. The van der Waals surface area contributed by atoms with Gasteiger partial charge in [-0.15, -0.1) is 0 Å². The summed E-state index contributed by atoms with van der Waals surface area (Å²) in [6.45, 7) is 11.4. The Balaban J connectivity index is 4.42. The van der Waals surface area contributed by atoms with Gasteiger partial charge in [-0.25, -0.2) is 0 Å². The van der Waals surface area contributed by atoms with Gasteiger partial charge in [-0.1, -0.05) is 47.5 Å². The van der Waals surface area contributed by atoms with Crippen molar-refractivity contribution in [2.75, 3.05) is 0 Å². The molecule has 0 aliphatic rings. The average Bonchev–Trinajstić information content (AvgIpc) is 2.13. The average molecular weight is 207 g/mol. The zero-order valence-electron chi connectivity index (χ0n) is 9.15. The lowest BCUT2D eigenvalue weighted by Gasteiger charge is -2.34. The molecule has 0 saturated carbocycles. The van der Waals surface area contributed by atoms with Crippen molar-refractivity contribution >= 4 is 18.5 Å². The molecule has 0 aromatic heterocycles. The molecular weight excluding hydrogens is 184 g/mol. The van der Waals surface area contributed by atoms with Crippen molar-refractivity contribution in [1.82, 2.24) is 0 Å². The molecule has 12 heavy (non-hydrogen) atoms. The zero-order chi connectivity index (χ0) is 9.78. The first-order valence-corrected chi connectivity index (χ1v) is 8.59. The number of rotatable bonds is 5. The second-order valence-electron chi connectivity index (χ2n) is 3.90. The first kappa shape index (κ1) is 12.5. The van der Waals surface area contributed by atoms with Crippen LogP contribution in [0.15, 0.2) is 0 Å². The smallest absolute Gasteiger partial charge is 0.161 e. The van der Waals surface area contributed by atoms with E-state index in [-0.39, 0.29) is 0 Å². The molecule has 0 aromatic rings. The molecule has 74 valence electrons. The SMILES string of the molecule is CCC(C)[Si](Cl)(CC)C(C)CC. The van der Waals surface area contributed by atoms with Crippen molar-refractivity contribution in [3.63, 3.8) is 0 Å². The van der Waals surface area contributed by atoms with Crippen LogP contribution >= 0.6 is 11.1 Å². The Kier molecular flexibility index (Phi) is 5.51. The summed E-state index contributed by atoms with van der Waals surface area (Å²) in [5, 5.41) is 0. The second kappa shape index (κ2) is 5.28. The maximum atomic E-state index is 6.76. The van der Waals surface area contributed by atoms with E-state index in [0.29, 0.717) is 0 Å². The largest absolute Gasteiger partial charge is 0.166 e. The fraction of sp³-hybridized carbons (Fsp3) is 1.00. The second-order valence-corrected chi connectivity index (χ2v) is 10.5. The highest BCUT2D eigenvalue weighted by atomic mass is 35.6. The lowest BCUT2D eigenvalue weighted by atomic mass is 10.3. The highest BCUT2D eigenvalue weighted by Crippen LogP contribution is 2.42. The van der Waals surface area contributed by atoms with Gasteiger partial charge in [-0.3, -0.25) is 0 Å². The molecular formula is C10H23ClSi. The van der Waals surface area contributed by atoms with E-state index < -0.39 is 7.38 Å². The maximum Gasteiger partial charge on any atom is 0.161 e. The molecule has 0 aliphatic carbocycles. The van der Waals surface area contributed by atoms with Gasteiger partial charge in [0, 0.05) is 0 Å². The normalized spacial score (nSPS) is 21.5. The fourth-order valence-corrected chi connectivity index (χ4v) is 6.51. The quantitative estimate of drug-likeness (QED) is 0.448. The Hall–Kier alpha value is 0.507. The van der Waals surface area contributed by atoms with Gasteiger partial charge in [0.25, 0.3) is 0 Å². The standard InChI is InChI=1S/C10H23ClSi/c1-6-9(4)12(11,8-3)10(5)7-2/h9-10H,6-8H2,1-5H3. The zero-order valence-corrected chi connectivity index (χ0v) is 10.9. The summed E-state index contributed by atoms with van der Waals surface area (Å²) >= 11 is 6.76. The lowest BCUT2D eigenvalue weighted by molar-refractivity contribution is 0.766. The molecule has 0 spiro atoms. The fourth-order valence-electron chi connectivity index (χ4n) is 1.86. The van der Waals surface area contributed by atoms with E-state index in [1.807, 2.05) is 0 Å². The molecule has 0 radical (unpaired) electrons. The van der Waals surface area contributed by atoms with Crippen molar-refractivity contribution < 1.29 is 0 Å². The van der Waals surface area contributed by atoms with Gasteiger partial charge < -0.3 is 0 Å². The van der Waals surface area contributed by atoms with Crippen molar-refractivity contribution in [2.45, 2.75) is 64.6 Å². The minimum absolute atomic E-state index is 0.763. The molecule has 0 heterocycles. The van der Waals surface area contributed by atoms with Crippen molar-refractivity contribution in [2.24, 2.45) is 0 Å². The molecule has 0 rings (SSSR count). The Morgan fingerprint density at radius 3 is 1.50 bits per heavy atom. The van der Waals surface area contributed by atoms with Crippen LogP contribution in [0.1, 0.15) is 47.5 Å². The summed E-state index contributed by atoms with van der Waals surface area (Å²) in [7, 11) is -1.46. The first-order valence-electron chi connectivity index (χ1n) is 5.21. The minimum Gasteiger partial charge on any atom is -0.166 e. The molecule has 2 heteroatoms. The number of hydrogen-bond donors (Lipinski definition) is 0. The molecule has 0 aliphatic heterocycles. The van der Waals surface area contributed by atoms with E-state index in [0.717, 1.165) is 11.1 Å². The molecule has 0 bridgehead atoms. The Labute approximate surface area is 83.4 Å². The molecule has 2 unspecified atom stereocenters. The van der Waals surface area contributed by atoms with Gasteiger partial charge in [-0.05, 0) is 17.1 Å². The topological polar surface area (TPSA) is 0 Å². The monoisotopic (exact) mass is 206 g/mol. The third-order valence-corrected chi connectivity index (χ3v) is 11.6. The van der Waals surface area contributed by atoms with Crippen LogP contribution in [0.2, 0.25) is 17.1 Å². The summed E-state index contributed by atoms with van der Waals surface area (Å²) < 4.78 is 0. The van der Waals surface area contributed by atoms with Crippen LogP contribution < -0.4 is 0 Å². The van der Waals surface area contributed by atoms with E-state index >= 15 is 0 Å². The van der Waals surface area contributed by atoms with Crippen molar-refractivity contribution in [3.05, 3.63) is 0 Å². The Morgan fingerprint density at radius 2 is 1.33 bits per heavy atom. The summed E-state index contributed by atoms with van der Waals surface area (Å²) in [6, 6.07) is 1.22. The first-order chi connectivity index (χ1) is 5.52. The van der Waals surface area contributed by atoms with Gasteiger partial charge in [0.15, 0.2) is 7.38 Å². The van der Waals surface area contributed by atoms with E-state index in [4.69, 9.17) is 11.1 Å². The molecule has 0 amide bonds. The van der Waals surface area contributed by atoms with E-state index in [1.54, 1.807) is 0 Å². The van der Waals surface area contributed by atoms with Crippen LogP contribution in [0.25, 0.3) is 0 Å². The Morgan fingerprint density at radius 1 is 1.00 bits per heavy atom. The highest BCUT2D eigenvalue weighted by molar-refractivity contribution is 7.21. The third kappa shape index (κ3) is 2.50. The maximum absolute atomic E-state index is 6.76. The summed E-state index contributed by atoms with van der Waals surface area (Å²) in [6.07, 6.45) is 2.49. The molecule has 2 atom stereocenters. The van der Waals surface area contributed by atoms with Gasteiger partial charge in [0.05, 0.1) is 0 Å². The summed E-state index contributed by atoms with van der Waals surface area (Å²) in [5.74, 6) is 0. The van der Waals surface area contributed by atoms with E-state index in [9.17, 15) is 0 Å². The highest BCUT2D eigenvalue weighted by Gasteiger charge is 2.38. The van der Waals surface area contributed by atoms with Gasteiger partial charge in [-0.2, -0.15) is 11.1 Å². The van der Waals surface area contributed by atoms with Crippen LogP contribution in [0.3, 0.4) is 0 Å². The molecule has 0 aromatic carbocycles. The number of hydrogen-bond acceptors (Lipinski definition) is 0. The van der Waals surface area contributed by atoms with Crippen LogP contribution in [-0.4, -0.2) is 7.38 Å². The summed E-state index contributed by atoms with van der Waals surface area (Å²) in [5.41, 5.74) is 1.53. The molecule has 0 nitrogen and oxygen atoms in total. The van der Waals surface area contributed by atoms with E-state index in [2.05, 4.69) is 34.6 Å². The molecule has 0 saturated heterocycles. The van der Waals surface area contributed by atoms with Gasteiger partial charge in [0.2, 0.25) is 0 Å². The third-order valence-electron chi connectivity index (χ3n) is 3.41. The van der Waals surface area contributed by atoms with Crippen LogP contribution in [0.4, 0.5) is 0 Å². The predicted molar refractivity (Wildman–Crippen MR) is 61.5 cm³/mol. The van der Waals surface area contributed by atoms with Gasteiger partial charge in [0.1, 0.15) is 0 Å². The summed E-state index contributed by atoms with van der Waals surface area (Å²) in [4.78, 5) is 0. The van der Waals surface area contributed by atoms with Crippen molar-refractivity contribution in [3.8, 4) is 0 Å². The lowest BCUT2D eigenvalue weighted by Crippen LogP contribution is -2.35. The van der Waals surface area contributed by atoms with Crippen molar-refractivity contribution in [1.29, 1.82) is 0 Å². The van der Waals surface area contributed by atoms with Gasteiger partial charge >= 0.3 is 0 Å². The van der Waals surface area contributed by atoms with Crippen LogP contribution in [-0.2, 0) is 0 Å². The van der Waals surface area contributed by atoms with Crippen LogP contribution in [0.5, 0.6) is 0 Å². The number of halogens is 1. The minimum atomic E-state index is -1.46.